The summed E-state index contributed by atoms with van der Waals surface area (Å²) in [5.74, 6) is 0.0511. The summed E-state index contributed by atoms with van der Waals surface area (Å²) in [6, 6.07) is 14.3. The van der Waals surface area contributed by atoms with Gasteiger partial charge in [0.2, 0.25) is 5.91 Å². The fraction of sp³-hybridized carbons (Fsp3) is 0.167. The van der Waals surface area contributed by atoms with Gasteiger partial charge in [0.25, 0.3) is 5.56 Å². The molecule has 0 spiro atoms. The molecule has 5 heteroatoms. The molecule has 0 radical (unpaired) electrons. The number of primary amides is 1. The average molecular weight is 307 g/mol. The first-order chi connectivity index (χ1) is 11.1. The zero-order valence-corrected chi connectivity index (χ0v) is 12.8. The highest BCUT2D eigenvalue weighted by molar-refractivity contribution is 6.05. The van der Waals surface area contributed by atoms with Gasteiger partial charge in [0.1, 0.15) is 5.82 Å². The number of aryl methyl sites for hydroxylation is 1. The second-order valence-electron chi connectivity index (χ2n) is 5.32. The molecule has 0 aliphatic rings. The normalized spacial score (nSPS) is 10.8. The van der Waals surface area contributed by atoms with Crippen molar-refractivity contribution in [3.05, 3.63) is 70.3 Å². The van der Waals surface area contributed by atoms with Crippen LogP contribution in [0.5, 0.6) is 0 Å². The van der Waals surface area contributed by atoms with E-state index < -0.39 is 5.91 Å². The number of hydrogen-bond acceptors (Lipinski definition) is 3. The predicted octanol–water partition coefficient (Wildman–Crippen LogP) is 2.44. The van der Waals surface area contributed by atoms with E-state index in [-0.39, 0.29) is 16.5 Å². The molecule has 116 valence electrons. The molecule has 0 fully saturated rings. The molecule has 0 unspecified atom stereocenters. The molecule has 0 saturated heterocycles. The van der Waals surface area contributed by atoms with Gasteiger partial charge < -0.3 is 5.73 Å². The summed E-state index contributed by atoms with van der Waals surface area (Å²) < 4.78 is 1.57. The number of aromatic nitrogens is 2. The van der Waals surface area contributed by atoms with Crippen molar-refractivity contribution >= 4 is 16.8 Å². The maximum Gasteiger partial charge on any atom is 0.266 e. The van der Waals surface area contributed by atoms with Crippen molar-refractivity contribution in [2.24, 2.45) is 5.73 Å². The Morgan fingerprint density at radius 3 is 2.52 bits per heavy atom. The van der Waals surface area contributed by atoms with Crippen LogP contribution >= 0.6 is 0 Å². The Morgan fingerprint density at radius 2 is 1.87 bits per heavy atom. The van der Waals surface area contributed by atoms with E-state index in [2.05, 4.69) is 4.98 Å². The van der Waals surface area contributed by atoms with Crippen molar-refractivity contribution in [3.63, 3.8) is 0 Å². The van der Waals surface area contributed by atoms with Gasteiger partial charge in [-0.1, -0.05) is 31.2 Å². The molecule has 3 rings (SSSR count). The lowest BCUT2D eigenvalue weighted by molar-refractivity contribution is 0.100. The molecule has 2 aromatic carbocycles. The first-order valence-corrected chi connectivity index (χ1v) is 7.53. The third-order valence-corrected chi connectivity index (χ3v) is 3.72. The Hall–Kier alpha value is -2.95. The zero-order valence-electron chi connectivity index (χ0n) is 12.8. The Bertz CT molecular complexity index is 930. The summed E-state index contributed by atoms with van der Waals surface area (Å²) in [5, 5.41) is 0.267. The summed E-state index contributed by atoms with van der Waals surface area (Å²) in [6.07, 6.45) is 1.53. The van der Waals surface area contributed by atoms with Crippen molar-refractivity contribution < 1.29 is 4.79 Å². The van der Waals surface area contributed by atoms with Gasteiger partial charge in [0, 0.05) is 6.42 Å². The van der Waals surface area contributed by atoms with E-state index in [4.69, 9.17) is 5.73 Å². The lowest BCUT2D eigenvalue weighted by atomic mass is 10.1. The van der Waals surface area contributed by atoms with E-state index in [1.54, 1.807) is 22.8 Å². The third kappa shape index (κ3) is 2.61. The number of amides is 1. The van der Waals surface area contributed by atoms with E-state index in [1.807, 2.05) is 37.3 Å². The first kappa shape index (κ1) is 15.0. The minimum atomic E-state index is -0.627. The predicted molar refractivity (Wildman–Crippen MR) is 89.9 cm³/mol. The van der Waals surface area contributed by atoms with Crippen molar-refractivity contribution in [2.45, 2.75) is 19.8 Å². The highest BCUT2D eigenvalue weighted by Gasteiger charge is 2.16. The van der Waals surface area contributed by atoms with Crippen LogP contribution in [-0.4, -0.2) is 15.5 Å². The van der Waals surface area contributed by atoms with Gasteiger partial charge in [-0.2, -0.15) is 0 Å². The number of nitrogens with zero attached hydrogens (tertiary/aromatic N) is 2. The van der Waals surface area contributed by atoms with E-state index in [9.17, 15) is 9.59 Å². The molecule has 1 heterocycles. The molecule has 1 amide bonds. The number of carbonyl (C=O) groups is 1. The van der Waals surface area contributed by atoms with Crippen LogP contribution in [0.4, 0.5) is 0 Å². The molecule has 5 nitrogen and oxygen atoms in total. The van der Waals surface area contributed by atoms with Crippen LogP contribution in [0, 0.1) is 0 Å². The van der Waals surface area contributed by atoms with Gasteiger partial charge in [-0.3, -0.25) is 14.2 Å². The molecule has 0 aliphatic carbocycles. The number of para-hydroxylation sites is 1. The molecule has 2 N–H and O–H groups in total. The Morgan fingerprint density at radius 1 is 1.13 bits per heavy atom. The smallest absolute Gasteiger partial charge is 0.266 e. The van der Waals surface area contributed by atoms with Gasteiger partial charge in [-0.25, -0.2) is 4.98 Å². The average Bonchev–Trinajstić information content (AvgIpc) is 2.55. The molecule has 0 saturated carbocycles. The molecule has 0 bridgehead atoms. The number of benzene rings is 2. The largest absolute Gasteiger partial charge is 0.366 e. The van der Waals surface area contributed by atoms with Crippen LogP contribution in [0.15, 0.2) is 53.3 Å². The minimum absolute atomic E-state index is 0.202. The molecule has 0 atom stereocenters. The van der Waals surface area contributed by atoms with E-state index in [0.717, 1.165) is 12.1 Å². The first-order valence-electron chi connectivity index (χ1n) is 7.53. The Kier molecular flexibility index (Phi) is 3.93. The number of rotatable bonds is 4. The fourth-order valence-corrected chi connectivity index (χ4v) is 2.72. The summed E-state index contributed by atoms with van der Waals surface area (Å²) in [7, 11) is 0. The van der Waals surface area contributed by atoms with Crippen LogP contribution in [0.3, 0.4) is 0 Å². The number of carbonyl (C=O) groups excluding carboxylic acids is 1. The summed E-state index contributed by atoms with van der Waals surface area (Å²) >= 11 is 0. The molecule has 23 heavy (non-hydrogen) atoms. The Balaban J connectivity index is 2.44. The van der Waals surface area contributed by atoms with E-state index in [1.165, 1.54) is 0 Å². The number of fused-ring (bicyclic) bond motifs is 1. The second-order valence-corrected chi connectivity index (χ2v) is 5.32. The lowest BCUT2D eigenvalue weighted by Crippen LogP contribution is -2.26. The number of hydrogen-bond donors (Lipinski definition) is 1. The fourth-order valence-electron chi connectivity index (χ4n) is 2.72. The number of nitrogens with two attached hydrogens (primary N) is 1. The summed E-state index contributed by atoms with van der Waals surface area (Å²) in [5.41, 5.74) is 6.59. The second kappa shape index (κ2) is 6.04. The van der Waals surface area contributed by atoms with Gasteiger partial charge in [0.15, 0.2) is 0 Å². The van der Waals surface area contributed by atoms with Gasteiger partial charge >= 0.3 is 0 Å². The summed E-state index contributed by atoms with van der Waals surface area (Å²) in [6.45, 7) is 2.03. The molecular formula is C18H17N3O2. The zero-order chi connectivity index (χ0) is 16.4. The van der Waals surface area contributed by atoms with Crippen molar-refractivity contribution in [2.75, 3.05) is 0 Å². The molecule has 3 aromatic rings. The molecular weight excluding hydrogens is 290 g/mol. The van der Waals surface area contributed by atoms with Crippen molar-refractivity contribution in [1.29, 1.82) is 0 Å². The maximum atomic E-state index is 13.1. The lowest BCUT2D eigenvalue weighted by Gasteiger charge is -2.14. The highest BCUT2D eigenvalue weighted by Crippen LogP contribution is 2.17. The quantitative estimate of drug-likeness (QED) is 0.804. The third-order valence-electron chi connectivity index (χ3n) is 3.72. The highest BCUT2D eigenvalue weighted by atomic mass is 16.1. The van der Waals surface area contributed by atoms with E-state index >= 15 is 0 Å². The van der Waals surface area contributed by atoms with Crippen molar-refractivity contribution in [1.82, 2.24) is 9.55 Å². The monoisotopic (exact) mass is 307 g/mol. The minimum Gasteiger partial charge on any atom is -0.366 e. The van der Waals surface area contributed by atoms with Crippen LogP contribution in [0.2, 0.25) is 0 Å². The topological polar surface area (TPSA) is 78.0 Å². The van der Waals surface area contributed by atoms with E-state index in [0.29, 0.717) is 17.8 Å². The molecule has 0 aliphatic heterocycles. The summed E-state index contributed by atoms with van der Waals surface area (Å²) in [4.78, 5) is 29.3. The van der Waals surface area contributed by atoms with Gasteiger partial charge in [-0.05, 0) is 30.7 Å². The Labute approximate surface area is 133 Å². The van der Waals surface area contributed by atoms with Crippen LogP contribution in [-0.2, 0) is 6.42 Å². The van der Waals surface area contributed by atoms with Crippen LogP contribution in [0.1, 0.15) is 29.5 Å². The van der Waals surface area contributed by atoms with Gasteiger partial charge in [-0.15, -0.1) is 0 Å². The SMILES string of the molecule is CCCc1nc2cccc(C(N)=O)c2c(=O)n1-c1ccccc1. The van der Waals surface area contributed by atoms with Crippen molar-refractivity contribution in [3.8, 4) is 5.69 Å². The standard InChI is InChI=1S/C18H17N3O2/c1-2-7-15-20-14-11-6-10-13(17(19)22)16(14)18(23)21(15)12-8-4-3-5-9-12/h3-6,8-11H,2,7H2,1H3,(H2,19,22). The van der Waals surface area contributed by atoms with Crippen LogP contribution in [0.25, 0.3) is 16.6 Å². The van der Waals surface area contributed by atoms with Crippen LogP contribution < -0.4 is 11.3 Å². The maximum absolute atomic E-state index is 13.1. The van der Waals surface area contributed by atoms with Gasteiger partial charge in [0.05, 0.1) is 22.2 Å². The molecule has 1 aromatic heterocycles.